The molecule has 9 heteroatoms. The summed E-state index contributed by atoms with van der Waals surface area (Å²) in [6.07, 6.45) is -1.17. The molecule has 1 saturated heterocycles. The van der Waals surface area contributed by atoms with E-state index in [0.717, 1.165) is 29.9 Å². The summed E-state index contributed by atoms with van der Waals surface area (Å²) in [5, 5.41) is 9.39. The number of amides is 2. The summed E-state index contributed by atoms with van der Waals surface area (Å²) in [5.41, 5.74) is -1.15. The van der Waals surface area contributed by atoms with E-state index in [1.807, 2.05) is 0 Å². The van der Waals surface area contributed by atoms with Crippen LogP contribution in [0.4, 0.5) is 13.2 Å². The topological polar surface area (TPSA) is 91.1 Å². The quantitative estimate of drug-likeness (QED) is 0.734. The monoisotopic (exact) mass is 393 g/mol. The van der Waals surface area contributed by atoms with Crippen LogP contribution < -0.4 is 0 Å². The molecule has 0 radical (unpaired) electrons. The Bertz CT molecular complexity index is 821. The highest BCUT2D eigenvalue weighted by Gasteiger charge is 2.51. The van der Waals surface area contributed by atoms with Crippen molar-refractivity contribution in [3.05, 3.63) is 29.6 Å². The van der Waals surface area contributed by atoms with Crippen molar-refractivity contribution in [2.45, 2.75) is 50.7 Å². The van der Waals surface area contributed by atoms with Gasteiger partial charge in [0.05, 0.1) is 35.2 Å². The number of imide groups is 1. The number of carbonyl (C=O) groups is 3. The van der Waals surface area contributed by atoms with Crippen molar-refractivity contribution >= 4 is 17.6 Å². The summed E-state index contributed by atoms with van der Waals surface area (Å²) in [5.74, 6) is -3.89. The van der Waals surface area contributed by atoms with E-state index in [4.69, 9.17) is 0 Å². The van der Waals surface area contributed by atoms with Crippen molar-refractivity contribution < 1.29 is 27.6 Å². The van der Waals surface area contributed by atoms with Gasteiger partial charge in [0.15, 0.2) is 5.78 Å². The number of nitrogens with zero attached hydrogens (tertiary/aromatic N) is 3. The van der Waals surface area contributed by atoms with E-state index in [0.29, 0.717) is 19.0 Å². The molecule has 0 spiro atoms. The maximum atomic E-state index is 12.8. The fourth-order valence-corrected chi connectivity index (χ4v) is 3.96. The fraction of sp³-hybridized carbons (Fsp3) is 0.526. The van der Waals surface area contributed by atoms with Gasteiger partial charge in [-0.25, -0.2) is 0 Å². The van der Waals surface area contributed by atoms with Gasteiger partial charge in [0.25, 0.3) is 0 Å². The number of nitriles is 1. The van der Waals surface area contributed by atoms with Crippen LogP contribution in [0.1, 0.15) is 49.8 Å². The number of likely N-dealkylation sites (tertiary alicyclic amines) is 1. The molecule has 1 aliphatic heterocycles. The molecule has 0 aromatic carbocycles. The number of aromatic nitrogens is 1. The average Bonchev–Trinajstić information content (AvgIpc) is 2.92. The number of hydrogen-bond donors (Lipinski definition) is 0. The Hall–Kier alpha value is -2.76. The van der Waals surface area contributed by atoms with Gasteiger partial charge in [0.2, 0.25) is 11.8 Å². The van der Waals surface area contributed by atoms with E-state index in [1.165, 1.54) is 6.92 Å². The van der Waals surface area contributed by atoms with Crippen molar-refractivity contribution in [2.24, 2.45) is 11.8 Å². The highest BCUT2D eigenvalue weighted by Crippen LogP contribution is 2.39. The molecule has 3 rings (SSSR count). The number of rotatable bonds is 4. The van der Waals surface area contributed by atoms with Gasteiger partial charge in [-0.1, -0.05) is 12.8 Å². The van der Waals surface area contributed by atoms with Crippen LogP contribution in [0.25, 0.3) is 0 Å². The zero-order valence-electron chi connectivity index (χ0n) is 15.1. The summed E-state index contributed by atoms with van der Waals surface area (Å²) in [6.45, 7) is 1.36. The van der Waals surface area contributed by atoms with Gasteiger partial charge >= 0.3 is 6.18 Å². The molecule has 148 valence electrons. The number of hydrogen-bond acceptors (Lipinski definition) is 5. The molecule has 4 unspecified atom stereocenters. The number of Topliss-reactive ketones (excluding diaryl/α,β-unsaturated/α-hetero) is 1. The van der Waals surface area contributed by atoms with Gasteiger partial charge in [-0.3, -0.25) is 24.3 Å². The van der Waals surface area contributed by atoms with Crippen molar-refractivity contribution in [1.82, 2.24) is 9.88 Å². The largest absolute Gasteiger partial charge is 0.417 e. The van der Waals surface area contributed by atoms with Crippen molar-refractivity contribution in [3.8, 4) is 6.07 Å². The second kappa shape index (κ2) is 7.34. The first-order valence-electron chi connectivity index (χ1n) is 9.00. The molecular weight excluding hydrogens is 375 g/mol. The van der Waals surface area contributed by atoms with Gasteiger partial charge in [-0.2, -0.15) is 18.4 Å². The summed E-state index contributed by atoms with van der Waals surface area (Å²) in [4.78, 5) is 42.6. The van der Waals surface area contributed by atoms with E-state index in [2.05, 4.69) is 4.98 Å². The number of alkyl halides is 3. The second-order valence-corrected chi connectivity index (χ2v) is 7.15. The molecule has 4 atom stereocenters. The minimum absolute atomic E-state index is 0.149. The maximum absolute atomic E-state index is 12.8. The summed E-state index contributed by atoms with van der Waals surface area (Å²) in [6, 6.07) is 2.26. The minimum Gasteiger partial charge on any atom is -0.295 e. The number of fused-ring (bicyclic) bond motifs is 1. The lowest BCUT2D eigenvalue weighted by atomic mass is 9.81. The molecule has 2 amide bonds. The van der Waals surface area contributed by atoms with Crippen LogP contribution in [0.3, 0.4) is 0 Å². The minimum atomic E-state index is -4.59. The molecule has 1 aliphatic carbocycles. The highest BCUT2D eigenvalue weighted by molar-refractivity contribution is 6.09. The predicted octanol–water partition coefficient (Wildman–Crippen LogP) is 2.84. The normalized spacial score (nSPS) is 24.5. The summed E-state index contributed by atoms with van der Waals surface area (Å²) < 4.78 is 38.0. The average molecular weight is 393 g/mol. The lowest BCUT2D eigenvalue weighted by Gasteiger charge is -2.23. The van der Waals surface area contributed by atoms with E-state index >= 15 is 0 Å². The molecule has 1 aromatic heterocycles. The molecule has 6 nitrogen and oxygen atoms in total. The molecule has 0 bridgehead atoms. The van der Waals surface area contributed by atoms with Gasteiger partial charge in [0.1, 0.15) is 5.92 Å². The third kappa shape index (κ3) is 3.39. The summed E-state index contributed by atoms with van der Waals surface area (Å²) >= 11 is 0. The van der Waals surface area contributed by atoms with Crippen molar-refractivity contribution in [2.75, 3.05) is 0 Å². The molecule has 2 fully saturated rings. The Morgan fingerprint density at radius 1 is 1.21 bits per heavy atom. The van der Waals surface area contributed by atoms with Crippen LogP contribution in [0.2, 0.25) is 0 Å². The van der Waals surface area contributed by atoms with Gasteiger partial charge < -0.3 is 0 Å². The Balaban J connectivity index is 1.82. The van der Waals surface area contributed by atoms with E-state index in [-0.39, 0.29) is 5.69 Å². The third-order valence-electron chi connectivity index (χ3n) is 5.50. The van der Waals surface area contributed by atoms with Crippen LogP contribution in [-0.4, -0.2) is 33.5 Å². The zero-order valence-corrected chi connectivity index (χ0v) is 15.1. The van der Waals surface area contributed by atoms with E-state index in [1.54, 1.807) is 6.07 Å². The lowest BCUT2D eigenvalue weighted by molar-refractivity contribution is -0.146. The molecule has 1 saturated carbocycles. The van der Waals surface area contributed by atoms with Gasteiger partial charge in [0, 0.05) is 6.20 Å². The Morgan fingerprint density at radius 3 is 2.21 bits per heavy atom. The number of halogens is 3. The molecule has 1 aromatic rings. The Labute approximate surface area is 159 Å². The molecule has 2 heterocycles. The van der Waals surface area contributed by atoms with Gasteiger partial charge in [-0.05, 0) is 31.9 Å². The van der Waals surface area contributed by atoms with Crippen LogP contribution in [0.15, 0.2) is 18.3 Å². The Morgan fingerprint density at radius 2 is 1.79 bits per heavy atom. The first-order valence-corrected chi connectivity index (χ1v) is 9.00. The standard InChI is InChI=1S/C19H18F3N3O3/c1-10(25-17(27)12-4-2-3-5-13(12)18(25)28)16(26)14(8-23)15-7-6-11(9-24-15)19(20,21)22/h6-7,9-10,12-14H,2-5H2,1H3. The van der Waals surface area contributed by atoms with Gasteiger partial charge in [-0.15, -0.1) is 0 Å². The smallest absolute Gasteiger partial charge is 0.295 e. The Kier molecular flexibility index (Phi) is 5.24. The SMILES string of the molecule is CC(C(=O)C(C#N)c1ccc(C(F)(F)F)cn1)N1C(=O)C2CCCCC2C1=O. The van der Waals surface area contributed by atoms with Crippen LogP contribution in [-0.2, 0) is 20.6 Å². The highest BCUT2D eigenvalue weighted by atomic mass is 19.4. The molecule has 2 aliphatic rings. The number of pyridine rings is 1. The van der Waals surface area contributed by atoms with Crippen LogP contribution in [0.5, 0.6) is 0 Å². The third-order valence-corrected chi connectivity index (χ3v) is 5.50. The molecule has 28 heavy (non-hydrogen) atoms. The van der Waals surface area contributed by atoms with Crippen LogP contribution in [0, 0.1) is 23.2 Å². The maximum Gasteiger partial charge on any atom is 0.417 e. The van der Waals surface area contributed by atoms with Crippen molar-refractivity contribution in [1.29, 1.82) is 5.26 Å². The summed E-state index contributed by atoms with van der Waals surface area (Å²) in [7, 11) is 0. The first kappa shape index (κ1) is 20.0. The van der Waals surface area contributed by atoms with Crippen molar-refractivity contribution in [3.63, 3.8) is 0 Å². The van der Waals surface area contributed by atoms with E-state index < -0.39 is 53.1 Å². The first-order chi connectivity index (χ1) is 13.2. The molecule has 0 N–H and O–H groups in total. The van der Waals surface area contributed by atoms with E-state index in [9.17, 15) is 32.8 Å². The molecular formula is C19H18F3N3O3. The predicted molar refractivity (Wildman–Crippen MR) is 89.4 cm³/mol. The number of ketones is 1. The fourth-order valence-electron chi connectivity index (χ4n) is 3.96. The lowest BCUT2D eigenvalue weighted by Crippen LogP contribution is -2.45. The van der Waals surface area contributed by atoms with Crippen LogP contribution >= 0.6 is 0 Å². The zero-order chi connectivity index (χ0) is 20.6. The number of carbonyl (C=O) groups excluding carboxylic acids is 3. The second-order valence-electron chi connectivity index (χ2n) is 7.15.